The number of H-pyrrole nitrogens is 1. The van der Waals surface area contributed by atoms with Crippen LogP contribution in [-0.4, -0.2) is 28.1 Å². The molecule has 0 radical (unpaired) electrons. The third-order valence-corrected chi connectivity index (χ3v) is 5.55. The number of ether oxygens (including phenoxy) is 1. The molecule has 1 unspecified atom stereocenters. The Bertz CT molecular complexity index is 1310. The average molecular weight is 439 g/mol. The van der Waals surface area contributed by atoms with E-state index in [4.69, 9.17) is 9.72 Å². The van der Waals surface area contributed by atoms with E-state index in [1.165, 1.54) is 0 Å². The standard InChI is InChI=1S/C25H22N6O2/c1-16-21(24(32)28-19-9-6-14-26-15-19)22(17-10-12-20(33-2)13-11-17)31-25(27-16)29-23(30-31)18-7-4-3-5-8-18/h3-15,22H,1-2H3,(H2,27,28,29,30,32)/p+1. The summed E-state index contributed by atoms with van der Waals surface area (Å²) in [5.74, 6) is 1.86. The highest BCUT2D eigenvalue weighted by atomic mass is 16.5. The van der Waals surface area contributed by atoms with Crippen LogP contribution in [0.2, 0.25) is 0 Å². The van der Waals surface area contributed by atoms with Crippen molar-refractivity contribution >= 4 is 17.5 Å². The summed E-state index contributed by atoms with van der Waals surface area (Å²) in [7, 11) is 1.63. The molecule has 0 saturated carbocycles. The number of carbonyl (C=O) groups excluding carboxylic acids is 1. The number of nitrogens with one attached hydrogen (secondary N) is 3. The molecule has 3 heterocycles. The highest BCUT2D eigenvalue weighted by molar-refractivity contribution is 6.05. The molecule has 1 amide bonds. The molecule has 4 aromatic rings. The minimum atomic E-state index is -0.422. The number of pyridine rings is 1. The molecule has 2 aromatic heterocycles. The Labute approximate surface area is 191 Å². The second-order valence-electron chi connectivity index (χ2n) is 7.67. The van der Waals surface area contributed by atoms with Crippen molar-refractivity contribution < 1.29 is 14.2 Å². The van der Waals surface area contributed by atoms with E-state index in [1.54, 1.807) is 25.6 Å². The highest BCUT2D eigenvalue weighted by Crippen LogP contribution is 2.32. The molecule has 3 N–H and O–H groups in total. The normalized spacial score (nSPS) is 14.9. The van der Waals surface area contributed by atoms with Crippen molar-refractivity contribution in [3.8, 4) is 17.1 Å². The lowest BCUT2D eigenvalue weighted by atomic mass is 9.95. The second-order valence-corrected chi connectivity index (χ2v) is 7.67. The number of hydrogen-bond donors (Lipinski definition) is 3. The van der Waals surface area contributed by atoms with Crippen LogP contribution in [0.15, 0.2) is 90.4 Å². The van der Waals surface area contributed by atoms with Gasteiger partial charge in [0.15, 0.2) is 6.04 Å². The van der Waals surface area contributed by atoms with Crippen LogP contribution in [-0.2, 0) is 4.79 Å². The van der Waals surface area contributed by atoms with Gasteiger partial charge in [-0.15, -0.1) is 4.68 Å². The van der Waals surface area contributed by atoms with E-state index in [-0.39, 0.29) is 5.91 Å². The van der Waals surface area contributed by atoms with Gasteiger partial charge in [0.05, 0.1) is 30.3 Å². The molecule has 5 rings (SSSR count). The highest BCUT2D eigenvalue weighted by Gasteiger charge is 2.39. The smallest absolute Gasteiger partial charge is 0.417 e. The first-order valence-corrected chi connectivity index (χ1v) is 10.5. The molecule has 164 valence electrons. The number of aromatic nitrogens is 4. The molecule has 0 fully saturated rings. The molecule has 0 aliphatic carbocycles. The molecule has 0 saturated heterocycles. The summed E-state index contributed by atoms with van der Waals surface area (Å²) < 4.78 is 7.21. The number of benzene rings is 2. The van der Waals surface area contributed by atoms with Gasteiger partial charge >= 0.3 is 5.95 Å². The number of methoxy groups -OCH3 is 1. The number of amides is 1. The van der Waals surface area contributed by atoms with Gasteiger partial charge in [0.25, 0.3) is 5.91 Å². The fourth-order valence-electron chi connectivity index (χ4n) is 3.95. The molecule has 1 aliphatic heterocycles. The summed E-state index contributed by atoms with van der Waals surface area (Å²) in [5.41, 5.74) is 3.80. The minimum Gasteiger partial charge on any atom is -0.497 e. The molecule has 8 heteroatoms. The molecule has 0 bridgehead atoms. The summed E-state index contributed by atoms with van der Waals surface area (Å²) in [6.45, 7) is 1.88. The van der Waals surface area contributed by atoms with E-state index >= 15 is 0 Å². The van der Waals surface area contributed by atoms with Crippen LogP contribution in [0.25, 0.3) is 11.4 Å². The third-order valence-electron chi connectivity index (χ3n) is 5.55. The fourth-order valence-corrected chi connectivity index (χ4v) is 3.95. The van der Waals surface area contributed by atoms with E-state index in [0.717, 1.165) is 22.6 Å². The Morgan fingerprint density at radius 1 is 1.06 bits per heavy atom. The van der Waals surface area contributed by atoms with Gasteiger partial charge in [-0.25, -0.2) is 10.4 Å². The number of nitrogens with zero attached hydrogens (tertiary/aromatic N) is 3. The van der Waals surface area contributed by atoms with Crippen LogP contribution in [0, 0.1) is 0 Å². The van der Waals surface area contributed by atoms with Crippen molar-refractivity contribution in [2.75, 3.05) is 17.7 Å². The first-order valence-electron chi connectivity index (χ1n) is 10.5. The average Bonchev–Trinajstić information content (AvgIpc) is 3.28. The van der Waals surface area contributed by atoms with E-state index in [2.05, 4.69) is 20.7 Å². The van der Waals surface area contributed by atoms with E-state index < -0.39 is 6.04 Å². The van der Waals surface area contributed by atoms with Crippen LogP contribution in [0.1, 0.15) is 18.5 Å². The van der Waals surface area contributed by atoms with Crippen molar-refractivity contribution in [3.63, 3.8) is 0 Å². The fraction of sp³-hybridized carbons (Fsp3) is 0.120. The van der Waals surface area contributed by atoms with Gasteiger partial charge in [0, 0.05) is 11.8 Å². The third kappa shape index (κ3) is 3.94. The zero-order chi connectivity index (χ0) is 22.8. The molecule has 8 nitrogen and oxygen atoms in total. The first-order chi connectivity index (χ1) is 16.1. The zero-order valence-electron chi connectivity index (χ0n) is 18.2. The Hall–Kier alpha value is -4.46. The van der Waals surface area contributed by atoms with E-state index in [9.17, 15) is 4.79 Å². The van der Waals surface area contributed by atoms with Crippen LogP contribution < -0.4 is 20.1 Å². The topological polar surface area (TPSA) is 95.8 Å². The predicted octanol–water partition coefficient (Wildman–Crippen LogP) is 3.70. The Morgan fingerprint density at radius 3 is 2.55 bits per heavy atom. The number of hydrogen-bond acceptors (Lipinski definition) is 5. The molecule has 1 atom stereocenters. The van der Waals surface area contributed by atoms with Gasteiger partial charge < -0.3 is 10.1 Å². The molecule has 2 aromatic carbocycles. The number of allylic oxidation sites excluding steroid dienone is 1. The van der Waals surface area contributed by atoms with E-state index in [0.29, 0.717) is 23.0 Å². The maximum atomic E-state index is 13.5. The van der Waals surface area contributed by atoms with Gasteiger partial charge in [-0.3, -0.25) is 9.78 Å². The van der Waals surface area contributed by atoms with Gasteiger partial charge in [0.2, 0.25) is 5.82 Å². The monoisotopic (exact) mass is 439 g/mol. The lowest BCUT2D eigenvalue weighted by molar-refractivity contribution is -0.746. The summed E-state index contributed by atoms with van der Waals surface area (Å²) in [5, 5.41) is 9.63. The lowest BCUT2D eigenvalue weighted by Crippen LogP contribution is -2.50. The quantitative estimate of drug-likeness (QED) is 0.412. The van der Waals surface area contributed by atoms with Crippen molar-refractivity contribution in [1.29, 1.82) is 0 Å². The molecule has 33 heavy (non-hydrogen) atoms. The van der Waals surface area contributed by atoms with Crippen molar-refractivity contribution in [1.82, 2.24) is 15.1 Å². The van der Waals surface area contributed by atoms with Crippen LogP contribution in [0.4, 0.5) is 11.6 Å². The Morgan fingerprint density at radius 2 is 1.85 bits per heavy atom. The molecular weight excluding hydrogens is 416 g/mol. The number of rotatable bonds is 5. The summed E-state index contributed by atoms with van der Waals surface area (Å²) in [6.07, 6.45) is 3.29. The van der Waals surface area contributed by atoms with Gasteiger partial charge in [-0.1, -0.05) is 30.3 Å². The Balaban J connectivity index is 1.60. The SMILES string of the molecule is COc1ccc(C2C(C(=O)Nc3cccnc3)=C(C)Nc3nc(-c4ccccc4)[nH][n+]32)cc1. The van der Waals surface area contributed by atoms with Gasteiger partial charge in [-0.05, 0) is 53.9 Å². The number of aromatic amines is 1. The van der Waals surface area contributed by atoms with Crippen molar-refractivity contribution in [2.45, 2.75) is 13.0 Å². The predicted molar refractivity (Wildman–Crippen MR) is 125 cm³/mol. The van der Waals surface area contributed by atoms with Crippen molar-refractivity contribution in [2.24, 2.45) is 0 Å². The summed E-state index contributed by atoms with van der Waals surface area (Å²) in [6, 6.07) is 20.7. The number of anilines is 2. The largest absolute Gasteiger partial charge is 0.497 e. The molecular formula is C25H23N6O2+. The maximum Gasteiger partial charge on any atom is 0.417 e. The summed E-state index contributed by atoms with van der Waals surface area (Å²) in [4.78, 5) is 22.3. The maximum absolute atomic E-state index is 13.5. The summed E-state index contributed by atoms with van der Waals surface area (Å²) >= 11 is 0. The zero-order valence-corrected chi connectivity index (χ0v) is 18.2. The van der Waals surface area contributed by atoms with Crippen LogP contribution in [0.5, 0.6) is 5.75 Å². The first kappa shape index (κ1) is 20.4. The molecule has 1 aliphatic rings. The van der Waals surface area contributed by atoms with Gasteiger partial charge in [0.1, 0.15) is 5.75 Å². The minimum absolute atomic E-state index is 0.220. The number of carbonyl (C=O) groups is 1. The lowest BCUT2D eigenvalue weighted by Gasteiger charge is -2.24. The van der Waals surface area contributed by atoms with E-state index in [1.807, 2.05) is 72.3 Å². The van der Waals surface area contributed by atoms with Crippen LogP contribution >= 0.6 is 0 Å². The van der Waals surface area contributed by atoms with Crippen molar-refractivity contribution in [3.05, 3.63) is 96.0 Å². The Kier molecular flexibility index (Phi) is 5.32. The van der Waals surface area contributed by atoms with Crippen LogP contribution in [0.3, 0.4) is 0 Å². The van der Waals surface area contributed by atoms with Gasteiger partial charge in [-0.2, -0.15) is 0 Å². The number of fused-ring (bicyclic) bond motifs is 1. The second kappa shape index (κ2) is 8.58. The molecule has 0 spiro atoms.